The molecule has 0 aliphatic rings. The molecule has 8 nitrogen and oxygen atoms in total. The van der Waals surface area contributed by atoms with Crippen molar-refractivity contribution in [1.29, 1.82) is 0 Å². The van der Waals surface area contributed by atoms with E-state index in [0.29, 0.717) is 18.8 Å². The maximum atomic E-state index is 12.4. The van der Waals surface area contributed by atoms with Crippen LogP contribution in [0.5, 0.6) is 11.5 Å². The molecule has 0 aromatic heterocycles. The van der Waals surface area contributed by atoms with E-state index in [-0.39, 0.29) is 17.3 Å². The molecule has 0 bridgehead atoms. The summed E-state index contributed by atoms with van der Waals surface area (Å²) in [7, 11) is -0.450. The summed E-state index contributed by atoms with van der Waals surface area (Å²) in [5.41, 5.74) is 1.95. The minimum absolute atomic E-state index is 0.0304. The Morgan fingerprint density at radius 2 is 1.76 bits per heavy atom. The summed E-state index contributed by atoms with van der Waals surface area (Å²) in [5, 5.41) is 7.97. The van der Waals surface area contributed by atoms with Crippen LogP contribution in [0.2, 0.25) is 0 Å². The zero-order valence-corrected chi connectivity index (χ0v) is 17.9. The van der Waals surface area contributed by atoms with Crippen molar-refractivity contribution < 1.29 is 22.7 Å². The lowest BCUT2D eigenvalue weighted by Crippen LogP contribution is -2.33. The third kappa shape index (κ3) is 6.74. The molecule has 2 aromatic carbocycles. The van der Waals surface area contributed by atoms with E-state index in [9.17, 15) is 13.2 Å². The van der Waals surface area contributed by atoms with Crippen molar-refractivity contribution in [3.63, 3.8) is 0 Å². The Morgan fingerprint density at radius 3 is 2.34 bits per heavy atom. The van der Waals surface area contributed by atoms with E-state index in [1.54, 1.807) is 21.1 Å². The highest BCUT2D eigenvalue weighted by molar-refractivity contribution is 7.89. The zero-order valence-electron chi connectivity index (χ0n) is 17.1. The van der Waals surface area contributed by atoms with Crippen molar-refractivity contribution in [2.75, 3.05) is 39.2 Å². The van der Waals surface area contributed by atoms with Gasteiger partial charge in [-0.3, -0.25) is 9.69 Å². The average Bonchev–Trinajstić information content (AvgIpc) is 2.65. The van der Waals surface area contributed by atoms with Crippen LogP contribution < -0.4 is 19.9 Å². The van der Waals surface area contributed by atoms with Gasteiger partial charge in [-0.05, 0) is 68.4 Å². The number of nitrogens with two attached hydrogens (primary N) is 1. The van der Waals surface area contributed by atoms with Crippen LogP contribution in [0.15, 0.2) is 41.3 Å². The number of primary sulfonamides is 1. The lowest BCUT2D eigenvalue weighted by molar-refractivity contribution is -0.117. The normalized spacial score (nSPS) is 11.4. The van der Waals surface area contributed by atoms with E-state index in [1.165, 1.54) is 12.1 Å². The second-order valence-electron chi connectivity index (χ2n) is 6.77. The largest absolute Gasteiger partial charge is 0.497 e. The van der Waals surface area contributed by atoms with Crippen LogP contribution in [-0.2, 0) is 14.8 Å². The van der Waals surface area contributed by atoms with Crippen LogP contribution in [0.4, 0.5) is 5.69 Å². The highest BCUT2D eigenvalue weighted by Crippen LogP contribution is 2.23. The van der Waals surface area contributed by atoms with Crippen LogP contribution in [0.3, 0.4) is 0 Å². The van der Waals surface area contributed by atoms with Gasteiger partial charge in [-0.15, -0.1) is 0 Å². The monoisotopic (exact) mass is 421 g/mol. The van der Waals surface area contributed by atoms with E-state index >= 15 is 0 Å². The smallest absolute Gasteiger partial charge is 0.238 e. The molecule has 0 heterocycles. The Balaban J connectivity index is 1.89. The van der Waals surface area contributed by atoms with Crippen LogP contribution in [0.25, 0.3) is 0 Å². The van der Waals surface area contributed by atoms with Gasteiger partial charge >= 0.3 is 0 Å². The molecule has 0 unspecified atom stereocenters. The first-order valence-electron chi connectivity index (χ1n) is 8.99. The molecule has 0 saturated carbocycles. The van der Waals surface area contributed by atoms with Gasteiger partial charge in [-0.2, -0.15) is 0 Å². The van der Waals surface area contributed by atoms with Crippen molar-refractivity contribution in [2.45, 2.75) is 18.7 Å². The quantitative estimate of drug-likeness (QED) is 0.640. The fourth-order valence-corrected chi connectivity index (χ4v) is 3.25. The molecular formula is C20H27N3O5S. The van der Waals surface area contributed by atoms with Gasteiger partial charge in [0.05, 0.1) is 18.6 Å². The maximum Gasteiger partial charge on any atom is 0.238 e. The van der Waals surface area contributed by atoms with Crippen LogP contribution in [0.1, 0.15) is 11.1 Å². The number of carbonyl (C=O) groups is 1. The van der Waals surface area contributed by atoms with E-state index < -0.39 is 10.0 Å². The first-order valence-corrected chi connectivity index (χ1v) is 10.5. The van der Waals surface area contributed by atoms with Crippen LogP contribution in [-0.4, -0.2) is 53.1 Å². The number of aryl methyl sites for hydroxylation is 1. The summed E-state index contributed by atoms with van der Waals surface area (Å²) in [6, 6.07) is 10.1. The van der Waals surface area contributed by atoms with Gasteiger partial charge in [0.2, 0.25) is 15.9 Å². The van der Waals surface area contributed by atoms with Crippen molar-refractivity contribution >= 4 is 21.6 Å². The molecule has 0 aliphatic heterocycles. The molecule has 0 atom stereocenters. The number of sulfonamides is 1. The molecule has 0 aliphatic carbocycles. The van der Waals surface area contributed by atoms with Gasteiger partial charge in [-0.1, -0.05) is 0 Å². The summed E-state index contributed by atoms with van der Waals surface area (Å²) in [4.78, 5) is 14.1. The van der Waals surface area contributed by atoms with E-state index in [1.807, 2.05) is 36.1 Å². The maximum absolute atomic E-state index is 12.4. The number of methoxy groups -OCH3 is 1. The molecule has 1 amide bonds. The number of hydrogen-bond acceptors (Lipinski definition) is 6. The number of carbonyl (C=O) groups excluding carboxylic acids is 1. The van der Waals surface area contributed by atoms with E-state index in [0.717, 1.165) is 22.6 Å². The minimum Gasteiger partial charge on any atom is -0.497 e. The first-order chi connectivity index (χ1) is 13.6. The molecule has 0 fully saturated rings. The fraction of sp³-hybridized carbons (Fsp3) is 0.350. The van der Waals surface area contributed by atoms with Crippen molar-refractivity contribution in [1.82, 2.24) is 4.90 Å². The van der Waals surface area contributed by atoms with Crippen LogP contribution >= 0.6 is 0 Å². The predicted octanol–water partition coefficient (Wildman–Crippen LogP) is 1.91. The number of hydrogen-bond donors (Lipinski definition) is 2. The number of amides is 1. The summed E-state index contributed by atoms with van der Waals surface area (Å²) < 4.78 is 34.0. The summed E-state index contributed by atoms with van der Waals surface area (Å²) >= 11 is 0. The number of nitrogens with one attached hydrogen (secondary N) is 1. The SMILES string of the molecule is COc1ccc(OCCN(C)CC(=O)Nc2cc(S(N)(=O)=O)cc(C)c2C)cc1. The fourth-order valence-electron chi connectivity index (χ4n) is 2.63. The molecule has 0 radical (unpaired) electrons. The topological polar surface area (TPSA) is 111 Å². The summed E-state index contributed by atoms with van der Waals surface area (Å²) in [6.07, 6.45) is 0. The molecule has 2 rings (SSSR count). The Labute approximate surface area is 171 Å². The van der Waals surface area contributed by atoms with E-state index in [4.69, 9.17) is 14.6 Å². The average molecular weight is 422 g/mol. The molecule has 158 valence electrons. The Bertz CT molecular complexity index is 959. The highest BCUT2D eigenvalue weighted by atomic mass is 32.2. The van der Waals surface area contributed by atoms with E-state index in [2.05, 4.69) is 5.32 Å². The summed E-state index contributed by atoms with van der Waals surface area (Å²) in [5.74, 6) is 1.21. The highest BCUT2D eigenvalue weighted by Gasteiger charge is 2.15. The number of likely N-dealkylation sites (N-methyl/N-ethyl adjacent to an activating group) is 1. The zero-order chi connectivity index (χ0) is 21.6. The predicted molar refractivity (Wildman–Crippen MR) is 112 cm³/mol. The molecule has 9 heteroatoms. The van der Waals surface area contributed by atoms with Crippen LogP contribution in [0, 0.1) is 13.8 Å². The Morgan fingerprint density at radius 1 is 1.14 bits per heavy atom. The molecular weight excluding hydrogens is 394 g/mol. The third-order valence-corrected chi connectivity index (χ3v) is 5.35. The second-order valence-corrected chi connectivity index (χ2v) is 8.33. The Kier molecular flexibility index (Phi) is 7.60. The Hall–Kier alpha value is -2.62. The minimum atomic E-state index is -3.85. The second kappa shape index (κ2) is 9.73. The van der Waals surface area contributed by atoms with Crippen molar-refractivity contribution in [3.05, 3.63) is 47.5 Å². The van der Waals surface area contributed by atoms with Gasteiger partial charge < -0.3 is 14.8 Å². The molecule has 0 saturated heterocycles. The van der Waals surface area contributed by atoms with Gasteiger partial charge in [0, 0.05) is 12.2 Å². The molecule has 29 heavy (non-hydrogen) atoms. The first kappa shape index (κ1) is 22.7. The van der Waals surface area contributed by atoms with Crippen molar-refractivity contribution in [3.8, 4) is 11.5 Å². The standard InChI is InChI=1S/C20H27N3O5S/c1-14-11-18(29(21,25)26)12-19(15(14)2)22-20(24)13-23(3)9-10-28-17-7-5-16(27-4)6-8-17/h5-8,11-12H,9-10,13H2,1-4H3,(H,22,24)(H2,21,25,26). The van der Waals surface area contributed by atoms with Gasteiger partial charge in [0.15, 0.2) is 0 Å². The lowest BCUT2D eigenvalue weighted by Gasteiger charge is -2.18. The summed E-state index contributed by atoms with van der Waals surface area (Å²) in [6.45, 7) is 4.65. The number of rotatable bonds is 9. The lowest BCUT2D eigenvalue weighted by atomic mass is 10.1. The molecule has 3 N–H and O–H groups in total. The van der Waals surface area contributed by atoms with Gasteiger partial charge in [0.25, 0.3) is 0 Å². The van der Waals surface area contributed by atoms with Gasteiger partial charge in [-0.25, -0.2) is 13.6 Å². The van der Waals surface area contributed by atoms with Gasteiger partial charge in [0.1, 0.15) is 18.1 Å². The number of ether oxygens (including phenoxy) is 2. The third-order valence-electron chi connectivity index (χ3n) is 4.46. The number of anilines is 1. The number of benzene rings is 2. The van der Waals surface area contributed by atoms with Crippen molar-refractivity contribution in [2.24, 2.45) is 5.14 Å². The molecule has 0 spiro atoms. The number of nitrogens with zero attached hydrogens (tertiary/aromatic N) is 1. The molecule has 2 aromatic rings.